The Morgan fingerprint density at radius 3 is 2.73 bits per heavy atom. The Bertz CT molecular complexity index is 1480. The zero-order valence-corrected chi connectivity index (χ0v) is 21.8. The van der Waals surface area contributed by atoms with E-state index in [1.807, 2.05) is 38.1 Å². The van der Waals surface area contributed by atoms with Crippen LogP contribution in [0.1, 0.15) is 41.0 Å². The van der Waals surface area contributed by atoms with Gasteiger partial charge in [0.05, 0.1) is 5.92 Å². The molecule has 0 radical (unpaired) electrons. The number of hydrogen-bond acceptors (Lipinski definition) is 7. The quantitative estimate of drug-likeness (QED) is 0.505. The van der Waals surface area contributed by atoms with Crippen LogP contribution in [0.4, 0.5) is 5.69 Å². The smallest absolute Gasteiger partial charge is 0.248 e. The van der Waals surface area contributed by atoms with Gasteiger partial charge in [-0.1, -0.05) is 35.0 Å². The fourth-order valence-corrected chi connectivity index (χ4v) is 6.40. The first-order chi connectivity index (χ1) is 17.7. The van der Waals surface area contributed by atoms with E-state index in [4.69, 9.17) is 14.0 Å². The molecule has 2 aliphatic rings. The number of ether oxygens (including phenoxy) is 2. The molecular formula is C27H29N3O6S. The molecule has 5 rings (SSSR count). The lowest BCUT2D eigenvalue weighted by Crippen LogP contribution is -2.43. The van der Waals surface area contributed by atoms with Crippen LogP contribution in [0.2, 0.25) is 0 Å². The molecule has 1 N–H and O–H groups in total. The lowest BCUT2D eigenvalue weighted by molar-refractivity contribution is -0.120. The van der Waals surface area contributed by atoms with Gasteiger partial charge in [-0.05, 0) is 62.9 Å². The number of aryl methyl sites for hydroxylation is 3. The maximum atomic E-state index is 13.7. The van der Waals surface area contributed by atoms with Crippen molar-refractivity contribution in [3.8, 4) is 11.5 Å². The minimum absolute atomic E-state index is 0.0332. The van der Waals surface area contributed by atoms with Crippen LogP contribution < -0.4 is 14.8 Å². The average molecular weight is 524 g/mol. The van der Waals surface area contributed by atoms with Crippen molar-refractivity contribution in [1.29, 1.82) is 0 Å². The van der Waals surface area contributed by atoms with Gasteiger partial charge >= 0.3 is 0 Å². The highest BCUT2D eigenvalue weighted by atomic mass is 32.2. The molecule has 3 aromatic rings. The summed E-state index contributed by atoms with van der Waals surface area (Å²) in [5, 5.41) is 6.82. The van der Waals surface area contributed by atoms with E-state index < -0.39 is 15.9 Å². The molecular weight excluding hydrogens is 494 g/mol. The van der Waals surface area contributed by atoms with Gasteiger partial charge in [-0.3, -0.25) is 4.79 Å². The second-order valence-corrected chi connectivity index (χ2v) is 11.3. The number of nitrogens with one attached hydrogen (secondary N) is 1. The Kier molecular flexibility index (Phi) is 6.78. The van der Waals surface area contributed by atoms with Crippen molar-refractivity contribution in [2.24, 2.45) is 5.92 Å². The first-order valence-corrected chi connectivity index (χ1v) is 13.6. The predicted octanol–water partition coefficient (Wildman–Crippen LogP) is 4.54. The lowest BCUT2D eigenvalue weighted by atomic mass is 9.98. The largest absolute Gasteiger partial charge is 0.454 e. The maximum Gasteiger partial charge on any atom is 0.248 e. The summed E-state index contributed by atoms with van der Waals surface area (Å²) in [6, 6.07) is 11.2. The molecule has 1 fully saturated rings. The number of nitrogens with zero attached hydrogens (tertiary/aromatic N) is 2. The van der Waals surface area contributed by atoms with E-state index in [-0.39, 0.29) is 35.6 Å². The van der Waals surface area contributed by atoms with Gasteiger partial charge in [-0.25, -0.2) is 8.42 Å². The van der Waals surface area contributed by atoms with Crippen molar-refractivity contribution in [2.75, 3.05) is 25.2 Å². The highest BCUT2D eigenvalue weighted by Gasteiger charge is 2.37. The molecule has 2 aliphatic heterocycles. The molecule has 37 heavy (non-hydrogen) atoms. The molecule has 1 unspecified atom stereocenters. The van der Waals surface area contributed by atoms with Crippen LogP contribution in [0, 0.1) is 26.7 Å². The fourth-order valence-electron chi connectivity index (χ4n) is 4.63. The number of fused-ring (bicyclic) bond motifs is 1. The van der Waals surface area contributed by atoms with Gasteiger partial charge in [-0.2, -0.15) is 4.31 Å². The summed E-state index contributed by atoms with van der Waals surface area (Å²) in [6.45, 7) is 6.14. The molecule has 0 bridgehead atoms. The number of carbonyl (C=O) groups excluding carboxylic acids is 1. The number of aromatic nitrogens is 1. The van der Waals surface area contributed by atoms with Crippen LogP contribution in [0.5, 0.6) is 11.5 Å². The summed E-state index contributed by atoms with van der Waals surface area (Å²) < 4.78 is 44.9. The fraction of sp³-hybridized carbons (Fsp3) is 0.333. The number of hydrogen-bond donors (Lipinski definition) is 1. The number of carbonyl (C=O) groups is 1. The monoisotopic (exact) mass is 523 g/mol. The summed E-state index contributed by atoms with van der Waals surface area (Å²) in [4.78, 5) is 13.1. The second kappa shape index (κ2) is 10.0. The molecule has 0 aliphatic carbocycles. The molecule has 1 saturated heterocycles. The van der Waals surface area contributed by atoms with Crippen molar-refractivity contribution < 1.29 is 27.2 Å². The Morgan fingerprint density at radius 1 is 1.08 bits per heavy atom. The predicted molar refractivity (Wildman–Crippen MR) is 139 cm³/mol. The number of rotatable bonds is 6. The molecule has 194 valence electrons. The van der Waals surface area contributed by atoms with E-state index in [9.17, 15) is 13.2 Å². The minimum atomic E-state index is -3.94. The third-order valence-electron chi connectivity index (χ3n) is 6.68. The summed E-state index contributed by atoms with van der Waals surface area (Å²) in [5.74, 6) is 0.624. The molecule has 1 amide bonds. The van der Waals surface area contributed by atoms with E-state index in [2.05, 4.69) is 10.5 Å². The van der Waals surface area contributed by atoms with Crippen LogP contribution in [-0.2, 0) is 14.8 Å². The summed E-state index contributed by atoms with van der Waals surface area (Å²) in [7, 11) is -3.94. The van der Waals surface area contributed by atoms with Crippen molar-refractivity contribution in [3.63, 3.8) is 0 Å². The molecule has 0 spiro atoms. The molecule has 1 aromatic heterocycles. The Morgan fingerprint density at radius 2 is 1.89 bits per heavy atom. The first-order valence-electron chi connectivity index (χ1n) is 12.1. The second-order valence-electron chi connectivity index (χ2n) is 9.41. The van der Waals surface area contributed by atoms with Crippen LogP contribution in [-0.4, -0.2) is 43.7 Å². The van der Waals surface area contributed by atoms with Gasteiger partial charge in [0.15, 0.2) is 22.2 Å². The maximum absolute atomic E-state index is 13.7. The molecule has 3 heterocycles. The Hall–Kier alpha value is -3.63. The van der Waals surface area contributed by atoms with E-state index >= 15 is 0 Å². The van der Waals surface area contributed by atoms with Gasteiger partial charge in [0, 0.05) is 24.8 Å². The average Bonchev–Trinajstić information content (AvgIpc) is 3.50. The Balaban J connectivity index is 1.34. The number of benzene rings is 2. The highest BCUT2D eigenvalue weighted by molar-refractivity contribution is 7.89. The Labute approximate surface area is 216 Å². The van der Waals surface area contributed by atoms with E-state index in [0.29, 0.717) is 36.6 Å². The van der Waals surface area contributed by atoms with Crippen LogP contribution in [0.3, 0.4) is 0 Å². The highest BCUT2D eigenvalue weighted by Crippen LogP contribution is 2.35. The third-order valence-corrected chi connectivity index (χ3v) is 8.70. The van der Waals surface area contributed by atoms with E-state index in [1.165, 1.54) is 4.31 Å². The first kappa shape index (κ1) is 25.0. The van der Waals surface area contributed by atoms with Gasteiger partial charge in [0.25, 0.3) is 0 Å². The molecule has 2 aromatic carbocycles. The molecule has 0 saturated carbocycles. The van der Waals surface area contributed by atoms with E-state index in [1.54, 1.807) is 31.2 Å². The van der Waals surface area contributed by atoms with E-state index in [0.717, 1.165) is 16.7 Å². The number of piperidine rings is 1. The van der Waals surface area contributed by atoms with Crippen LogP contribution >= 0.6 is 0 Å². The zero-order valence-electron chi connectivity index (χ0n) is 21.0. The molecule has 1 atom stereocenters. The van der Waals surface area contributed by atoms with Crippen molar-refractivity contribution in [2.45, 2.75) is 38.5 Å². The summed E-state index contributed by atoms with van der Waals surface area (Å²) in [5.41, 5.74) is 3.99. The van der Waals surface area contributed by atoms with Crippen molar-refractivity contribution in [1.82, 2.24) is 9.46 Å². The number of amides is 1. The van der Waals surface area contributed by atoms with Crippen LogP contribution in [0.15, 0.2) is 45.8 Å². The van der Waals surface area contributed by atoms with Crippen molar-refractivity contribution in [3.05, 3.63) is 64.5 Å². The SMILES string of the molecule is Cc1ccc(C)c(C=Cc2onc(C)c2S(=O)(=O)N2CCCC(C(=O)Nc3ccc4c(c3)OCO4)C2)c1. The van der Waals surface area contributed by atoms with Gasteiger partial charge in [-0.15, -0.1) is 0 Å². The molecule has 10 heteroatoms. The summed E-state index contributed by atoms with van der Waals surface area (Å²) >= 11 is 0. The zero-order chi connectivity index (χ0) is 26.2. The van der Waals surface area contributed by atoms with Gasteiger partial charge < -0.3 is 19.3 Å². The summed E-state index contributed by atoms with van der Waals surface area (Å²) in [6.07, 6.45) is 4.63. The number of anilines is 1. The van der Waals surface area contributed by atoms with Gasteiger partial charge in [0.1, 0.15) is 5.69 Å². The standard InChI is InChI=1S/C27H29N3O6S/c1-17-6-7-18(2)20(13-17)8-10-24-26(19(3)29-36-24)37(32,33)30-12-4-5-21(15-30)27(31)28-22-9-11-23-25(14-22)35-16-34-23/h6-11,13-14,21H,4-5,12,15-16H2,1-3H3,(H,28,31). The number of sulfonamides is 1. The third kappa shape index (κ3) is 5.12. The lowest BCUT2D eigenvalue weighted by Gasteiger charge is -2.31. The molecule has 9 nitrogen and oxygen atoms in total. The topological polar surface area (TPSA) is 111 Å². The van der Waals surface area contributed by atoms with Crippen LogP contribution in [0.25, 0.3) is 12.2 Å². The minimum Gasteiger partial charge on any atom is -0.454 e. The van der Waals surface area contributed by atoms with Gasteiger partial charge in [0.2, 0.25) is 22.7 Å². The van der Waals surface area contributed by atoms with Crippen molar-refractivity contribution >= 4 is 33.8 Å². The normalized spacial score (nSPS) is 17.9.